The molecule has 3 heteroatoms. The Morgan fingerprint density at radius 1 is 1.12 bits per heavy atom. The molecule has 0 atom stereocenters. The number of benzene rings is 2. The summed E-state index contributed by atoms with van der Waals surface area (Å²) in [5.41, 5.74) is 3.16. The number of fused-ring (bicyclic) bond motifs is 1. The summed E-state index contributed by atoms with van der Waals surface area (Å²) in [5.74, 6) is -0.211. The zero-order chi connectivity index (χ0) is 11.8. The minimum absolute atomic E-state index is 0.211. The third kappa shape index (κ3) is 1.83. The highest BCUT2D eigenvalue weighted by Gasteiger charge is 2.08. The van der Waals surface area contributed by atoms with Gasteiger partial charge in [0.2, 0.25) is 0 Å². The molecule has 84 valence electrons. The number of halogens is 1. The number of aromatic nitrogens is 1. The molecule has 0 radical (unpaired) electrons. The molecule has 0 saturated heterocycles. The normalized spacial score (nSPS) is 10.9. The second kappa shape index (κ2) is 3.93. The second-order valence-corrected chi connectivity index (χ2v) is 4.98. The molecule has 3 aromatic rings. The average Bonchev–Trinajstić information content (AvgIpc) is 2.72. The average molecular weight is 243 g/mol. The number of hydrogen-bond acceptors (Lipinski definition) is 2. The van der Waals surface area contributed by atoms with Gasteiger partial charge in [0.1, 0.15) is 10.8 Å². The number of nitrogens with zero attached hydrogens (tertiary/aromatic N) is 1. The smallest absolute Gasteiger partial charge is 0.124 e. The van der Waals surface area contributed by atoms with Crippen LogP contribution in [0.5, 0.6) is 0 Å². The highest BCUT2D eigenvalue weighted by atomic mass is 32.1. The molecular weight excluding hydrogens is 233 g/mol. The van der Waals surface area contributed by atoms with E-state index in [2.05, 4.69) is 18.0 Å². The molecule has 0 saturated carbocycles. The number of aryl methyl sites for hydroxylation is 1. The summed E-state index contributed by atoms with van der Waals surface area (Å²) in [4.78, 5) is 4.54. The summed E-state index contributed by atoms with van der Waals surface area (Å²) in [7, 11) is 0. The lowest BCUT2D eigenvalue weighted by molar-refractivity contribution is 0.630. The van der Waals surface area contributed by atoms with E-state index < -0.39 is 0 Å². The largest absolute Gasteiger partial charge is 0.236 e. The van der Waals surface area contributed by atoms with E-state index in [1.165, 1.54) is 29.0 Å². The molecule has 0 unspecified atom stereocenters. The minimum atomic E-state index is -0.211. The van der Waals surface area contributed by atoms with Gasteiger partial charge in [-0.1, -0.05) is 24.3 Å². The number of hydrogen-bond donors (Lipinski definition) is 0. The van der Waals surface area contributed by atoms with E-state index >= 15 is 0 Å². The van der Waals surface area contributed by atoms with E-state index in [-0.39, 0.29) is 5.82 Å². The van der Waals surface area contributed by atoms with Crippen LogP contribution in [0.2, 0.25) is 0 Å². The Morgan fingerprint density at radius 2 is 1.94 bits per heavy atom. The first-order valence-electron chi connectivity index (χ1n) is 5.36. The monoisotopic (exact) mass is 243 g/mol. The third-order valence-corrected chi connectivity index (χ3v) is 3.78. The highest BCUT2D eigenvalue weighted by molar-refractivity contribution is 7.21. The van der Waals surface area contributed by atoms with Gasteiger partial charge in [-0.15, -0.1) is 11.3 Å². The topological polar surface area (TPSA) is 12.9 Å². The maximum atomic E-state index is 13.1. The zero-order valence-electron chi connectivity index (χ0n) is 9.27. The molecule has 0 N–H and O–H groups in total. The second-order valence-electron chi connectivity index (χ2n) is 3.95. The van der Waals surface area contributed by atoms with Crippen LogP contribution in [0.15, 0.2) is 42.5 Å². The van der Waals surface area contributed by atoms with E-state index in [0.717, 1.165) is 20.8 Å². The molecule has 1 nitrogen and oxygen atoms in total. The van der Waals surface area contributed by atoms with Gasteiger partial charge in [0.15, 0.2) is 0 Å². The fourth-order valence-corrected chi connectivity index (χ4v) is 2.91. The molecule has 17 heavy (non-hydrogen) atoms. The van der Waals surface area contributed by atoms with E-state index in [0.29, 0.717) is 0 Å². The van der Waals surface area contributed by atoms with Gasteiger partial charge >= 0.3 is 0 Å². The van der Waals surface area contributed by atoms with Gasteiger partial charge in [0.05, 0.1) is 10.2 Å². The highest BCUT2D eigenvalue weighted by Crippen LogP contribution is 2.32. The summed E-state index contributed by atoms with van der Waals surface area (Å²) in [6, 6.07) is 12.8. The first-order valence-corrected chi connectivity index (χ1v) is 6.18. The first-order chi connectivity index (χ1) is 8.24. The van der Waals surface area contributed by atoms with E-state index in [4.69, 9.17) is 0 Å². The SMILES string of the molecule is Cc1ccccc1-c1nc2ccc(F)cc2s1. The van der Waals surface area contributed by atoms with Crippen molar-refractivity contribution in [3.05, 3.63) is 53.8 Å². The van der Waals surface area contributed by atoms with Crippen molar-refractivity contribution in [1.82, 2.24) is 4.98 Å². The van der Waals surface area contributed by atoms with Crippen molar-refractivity contribution in [2.45, 2.75) is 6.92 Å². The molecule has 0 aliphatic heterocycles. The number of thiazole rings is 1. The van der Waals surface area contributed by atoms with Crippen molar-refractivity contribution in [1.29, 1.82) is 0 Å². The van der Waals surface area contributed by atoms with Crippen LogP contribution in [-0.2, 0) is 0 Å². The summed E-state index contributed by atoms with van der Waals surface area (Å²) >= 11 is 1.53. The van der Waals surface area contributed by atoms with Crippen LogP contribution in [0.25, 0.3) is 20.8 Å². The predicted molar refractivity (Wildman–Crippen MR) is 69.8 cm³/mol. The molecule has 0 aliphatic rings. The molecule has 0 fully saturated rings. The van der Waals surface area contributed by atoms with E-state index in [1.54, 1.807) is 6.07 Å². The van der Waals surface area contributed by atoms with Crippen LogP contribution in [0, 0.1) is 12.7 Å². The zero-order valence-corrected chi connectivity index (χ0v) is 10.1. The Bertz CT molecular complexity index is 688. The summed E-state index contributed by atoms with van der Waals surface area (Å²) in [6.45, 7) is 2.06. The maximum absolute atomic E-state index is 13.1. The van der Waals surface area contributed by atoms with Gasteiger partial charge in [0.25, 0.3) is 0 Å². The fourth-order valence-electron chi connectivity index (χ4n) is 1.83. The van der Waals surface area contributed by atoms with Gasteiger partial charge in [-0.2, -0.15) is 0 Å². The van der Waals surface area contributed by atoms with Crippen LogP contribution in [0.4, 0.5) is 4.39 Å². The van der Waals surface area contributed by atoms with Gasteiger partial charge < -0.3 is 0 Å². The van der Waals surface area contributed by atoms with Crippen molar-refractivity contribution in [2.24, 2.45) is 0 Å². The van der Waals surface area contributed by atoms with Crippen molar-refractivity contribution in [3.8, 4) is 10.6 Å². The Hall–Kier alpha value is -1.74. The lowest BCUT2D eigenvalue weighted by Crippen LogP contribution is -1.80. The molecule has 1 aromatic heterocycles. The molecule has 0 amide bonds. The lowest BCUT2D eigenvalue weighted by Gasteiger charge is -1.99. The van der Waals surface area contributed by atoms with Crippen molar-refractivity contribution < 1.29 is 4.39 Å². The first kappa shape index (κ1) is 10.4. The maximum Gasteiger partial charge on any atom is 0.124 e. The molecular formula is C14H10FNS. The van der Waals surface area contributed by atoms with Gasteiger partial charge in [0, 0.05) is 5.56 Å². The molecule has 2 aromatic carbocycles. The van der Waals surface area contributed by atoms with Crippen molar-refractivity contribution >= 4 is 21.6 Å². The molecule has 0 spiro atoms. The van der Waals surface area contributed by atoms with Crippen LogP contribution >= 0.6 is 11.3 Å². The fraction of sp³-hybridized carbons (Fsp3) is 0.0714. The molecule has 0 bridgehead atoms. The van der Waals surface area contributed by atoms with E-state index in [9.17, 15) is 4.39 Å². The Kier molecular flexibility index (Phi) is 2.41. The van der Waals surface area contributed by atoms with E-state index in [1.807, 2.05) is 18.2 Å². The van der Waals surface area contributed by atoms with Gasteiger partial charge in [-0.05, 0) is 30.7 Å². The lowest BCUT2D eigenvalue weighted by atomic mass is 10.1. The van der Waals surface area contributed by atoms with Crippen molar-refractivity contribution in [3.63, 3.8) is 0 Å². The third-order valence-electron chi connectivity index (χ3n) is 2.73. The molecule has 3 rings (SSSR count). The molecule has 0 aliphatic carbocycles. The van der Waals surface area contributed by atoms with Crippen LogP contribution in [0.3, 0.4) is 0 Å². The Labute approximate surface area is 103 Å². The predicted octanol–water partition coefficient (Wildman–Crippen LogP) is 4.41. The summed E-state index contributed by atoms with van der Waals surface area (Å²) in [5, 5.41) is 0.948. The summed E-state index contributed by atoms with van der Waals surface area (Å²) in [6.07, 6.45) is 0. The Morgan fingerprint density at radius 3 is 2.76 bits per heavy atom. The Balaban J connectivity index is 2.22. The van der Waals surface area contributed by atoms with Gasteiger partial charge in [-0.25, -0.2) is 9.37 Å². The summed E-state index contributed by atoms with van der Waals surface area (Å²) < 4.78 is 14.0. The van der Waals surface area contributed by atoms with Crippen molar-refractivity contribution in [2.75, 3.05) is 0 Å². The number of rotatable bonds is 1. The standard InChI is InChI=1S/C14H10FNS/c1-9-4-2-3-5-11(9)14-16-12-7-6-10(15)8-13(12)17-14/h2-8H,1H3. The quantitative estimate of drug-likeness (QED) is 0.617. The van der Waals surface area contributed by atoms with Crippen LogP contribution in [0.1, 0.15) is 5.56 Å². The van der Waals surface area contributed by atoms with Gasteiger partial charge in [-0.3, -0.25) is 0 Å². The molecule has 1 heterocycles. The van der Waals surface area contributed by atoms with Crippen LogP contribution < -0.4 is 0 Å². The van der Waals surface area contributed by atoms with Crippen LogP contribution in [-0.4, -0.2) is 4.98 Å². The minimum Gasteiger partial charge on any atom is -0.236 e.